The number of fused-ring (bicyclic) bond motifs is 1. The Hall–Kier alpha value is -0.690. The maximum Gasteiger partial charge on any atom is 0.131 e. The Morgan fingerprint density at radius 3 is 3.15 bits per heavy atom. The number of aliphatic hydroxyl groups is 1. The summed E-state index contributed by atoms with van der Waals surface area (Å²) in [5.41, 5.74) is 2.21. The molecule has 2 heterocycles. The van der Waals surface area contributed by atoms with Crippen LogP contribution in [0.3, 0.4) is 0 Å². The minimum atomic E-state index is -0.626. The van der Waals surface area contributed by atoms with Gasteiger partial charge < -0.3 is 9.84 Å². The monoisotopic (exact) mass is 356 g/mol. The molecule has 0 saturated carbocycles. The summed E-state index contributed by atoms with van der Waals surface area (Å²) < 4.78 is 7.74. The van der Waals surface area contributed by atoms with Crippen LogP contribution in [0.15, 0.2) is 16.7 Å². The Bertz CT molecular complexity index is 587. The van der Waals surface area contributed by atoms with Crippen LogP contribution in [0.4, 0.5) is 0 Å². The molecule has 0 saturated heterocycles. The average Bonchev–Trinajstić information content (AvgIpc) is 3.09. The van der Waals surface area contributed by atoms with Gasteiger partial charge >= 0.3 is 0 Å². The molecule has 108 valence electrons. The third-order valence-corrected chi connectivity index (χ3v) is 5.54. The first-order valence-corrected chi connectivity index (χ1v) is 8.31. The highest BCUT2D eigenvalue weighted by atomic mass is 79.9. The van der Waals surface area contributed by atoms with Gasteiger partial charge in [-0.3, -0.25) is 4.68 Å². The second-order valence-corrected chi connectivity index (χ2v) is 6.97. The van der Waals surface area contributed by atoms with Gasteiger partial charge in [0.2, 0.25) is 0 Å². The summed E-state index contributed by atoms with van der Waals surface area (Å²) in [7, 11) is 1.67. The normalized spacial score (nSPS) is 15.6. The van der Waals surface area contributed by atoms with Crippen molar-refractivity contribution in [3.05, 3.63) is 37.7 Å². The molecule has 4 nitrogen and oxygen atoms in total. The van der Waals surface area contributed by atoms with E-state index >= 15 is 0 Å². The first kappa shape index (κ1) is 14.3. The molecule has 0 aliphatic heterocycles. The summed E-state index contributed by atoms with van der Waals surface area (Å²) in [5.74, 6) is 0. The van der Waals surface area contributed by atoms with Crippen molar-refractivity contribution in [1.82, 2.24) is 9.78 Å². The molecule has 0 amide bonds. The van der Waals surface area contributed by atoms with Gasteiger partial charge in [0.05, 0.1) is 29.5 Å². The van der Waals surface area contributed by atoms with Crippen molar-refractivity contribution in [2.45, 2.75) is 31.9 Å². The molecule has 1 atom stereocenters. The van der Waals surface area contributed by atoms with Crippen molar-refractivity contribution >= 4 is 27.3 Å². The molecule has 0 fully saturated rings. The SMILES string of the molecule is COCCn1ncc(Br)c1C(O)c1cc2c(s1)CCC2. The Kier molecular flexibility index (Phi) is 4.26. The quantitative estimate of drug-likeness (QED) is 0.895. The Morgan fingerprint density at radius 2 is 2.40 bits per heavy atom. The molecule has 2 aromatic heterocycles. The number of aromatic nitrogens is 2. The summed E-state index contributed by atoms with van der Waals surface area (Å²) >= 11 is 5.21. The smallest absolute Gasteiger partial charge is 0.131 e. The lowest BCUT2D eigenvalue weighted by Crippen LogP contribution is -2.13. The van der Waals surface area contributed by atoms with Crippen LogP contribution < -0.4 is 0 Å². The lowest BCUT2D eigenvalue weighted by atomic mass is 10.1. The third kappa shape index (κ3) is 2.57. The van der Waals surface area contributed by atoms with Crippen molar-refractivity contribution in [3.8, 4) is 0 Å². The highest BCUT2D eigenvalue weighted by Crippen LogP contribution is 2.37. The van der Waals surface area contributed by atoms with Gasteiger partial charge in [-0.2, -0.15) is 5.10 Å². The van der Waals surface area contributed by atoms with E-state index in [1.807, 2.05) is 4.68 Å². The van der Waals surface area contributed by atoms with Crippen LogP contribution in [0.1, 0.15) is 33.5 Å². The molecule has 0 bridgehead atoms. The molecule has 0 aromatic carbocycles. The lowest BCUT2D eigenvalue weighted by Gasteiger charge is -2.13. The highest BCUT2D eigenvalue weighted by molar-refractivity contribution is 9.10. The Labute approximate surface area is 130 Å². The first-order valence-electron chi connectivity index (χ1n) is 6.70. The van der Waals surface area contributed by atoms with Crippen molar-refractivity contribution in [1.29, 1.82) is 0 Å². The molecule has 1 aliphatic carbocycles. The van der Waals surface area contributed by atoms with Gasteiger partial charge in [0, 0.05) is 16.9 Å². The number of methoxy groups -OCH3 is 1. The van der Waals surface area contributed by atoms with Crippen LogP contribution in [0.25, 0.3) is 0 Å². The molecule has 1 unspecified atom stereocenters. The van der Waals surface area contributed by atoms with Crippen molar-refractivity contribution < 1.29 is 9.84 Å². The van der Waals surface area contributed by atoms with E-state index in [1.54, 1.807) is 24.6 Å². The maximum absolute atomic E-state index is 10.7. The van der Waals surface area contributed by atoms with Crippen LogP contribution in [0.2, 0.25) is 0 Å². The molecule has 0 radical (unpaired) electrons. The molecule has 3 rings (SSSR count). The molecular weight excluding hydrogens is 340 g/mol. The largest absolute Gasteiger partial charge is 0.383 e. The summed E-state index contributed by atoms with van der Waals surface area (Å²) in [6.07, 6.45) is 4.64. The number of rotatable bonds is 5. The third-order valence-electron chi connectivity index (χ3n) is 3.63. The molecule has 2 aromatic rings. The highest BCUT2D eigenvalue weighted by Gasteiger charge is 2.24. The first-order chi connectivity index (χ1) is 9.70. The Balaban J connectivity index is 1.89. The fourth-order valence-electron chi connectivity index (χ4n) is 2.62. The van der Waals surface area contributed by atoms with Crippen molar-refractivity contribution in [2.24, 2.45) is 0 Å². The fraction of sp³-hybridized carbons (Fsp3) is 0.500. The predicted molar refractivity (Wildman–Crippen MR) is 82.2 cm³/mol. The van der Waals surface area contributed by atoms with Crippen LogP contribution in [0.5, 0.6) is 0 Å². The van der Waals surface area contributed by atoms with E-state index in [2.05, 4.69) is 27.1 Å². The molecule has 1 aliphatic rings. The van der Waals surface area contributed by atoms with E-state index in [-0.39, 0.29) is 0 Å². The lowest BCUT2D eigenvalue weighted by molar-refractivity contribution is 0.172. The van der Waals surface area contributed by atoms with Gasteiger partial charge in [0.15, 0.2) is 0 Å². The zero-order valence-electron chi connectivity index (χ0n) is 11.3. The zero-order chi connectivity index (χ0) is 14.1. The van der Waals surface area contributed by atoms with Crippen molar-refractivity contribution in [2.75, 3.05) is 13.7 Å². The van der Waals surface area contributed by atoms with Gasteiger partial charge in [-0.25, -0.2) is 0 Å². The number of nitrogens with zero attached hydrogens (tertiary/aromatic N) is 2. The van der Waals surface area contributed by atoms with Gasteiger partial charge in [0.25, 0.3) is 0 Å². The van der Waals surface area contributed by atoms with E-state index in [0.29, 0.717) is 13.2 Å². The van der Waals surface area contributed by atoms with Crippen LogP contribution in [0, 0.1) is 0 Å². The summed E-state index contributed by atoms with van der Waals surface area (Å²) in [6, 6.07) is 2.15. The maximum atomic E-state index is 10.7. The van der Waals surface area contributed by atoms with E-state index in [9.17, 15) is 5.11 Å². The van der Waals surface area contributed by atoms with Crippen LogP contribution in [-0.4, -0.2) is 28.6 Å². The fourth-order valence-corrected chi connectivity index (χ4v) is 4.38. The van der Waals surface area contributed by atoms with E-state index < -0.39 is 6.10 Å². The number of aliphatic hydroxyl groups excluding tert-OH is 1. The number of hydrogen-bond donors (Lipinski definition) is 1. The number of ether oxygens (including phenoxy) is 1. The van der Waals surface area contributed by atoms with Crippen LogP contribution >= 0.6 is 27.3 Å². The van der Waals surface area contributed by atoms with E-state index in [4.69, 9.17) is 4.74 Å². The molecule has 1 N–H and O–H groups in total. The number of halogens is 1. The number of thiophene rings is 1. The second-order valence-electron chi connectivity index (χ2n) is 4.95. The number of aryl methyl sites for hydroxylation is 2. The summed E-state index contributed by atoms with van der Waals surface area (Å²) in [4.78, 5) is 2.44. The van der Waals surface area contributed by atoms with Crippen molar-refractivity contribution in [3.63, 3.8) is 0 Å². The molecule has 0 spiro atoms. The second kappa shape index (κ2) is 5.97. The van der Waals surface area contributed by atoms with Crippen LogP contribution in [-0.2, 0) is 24.1 Å². The minimum absolute atomic E-state index is 0.578. The molecule has 6 heteroatoms. The van der Waals surface area contributed by atoms with Gasteiger partial charge in [-0.1, -0.05) is 0 Å². The average molecular weight is 357 g/mol. The minimum Gasteiger partial charge on any atom is -0.383 e. The topological polar surface area (TPSA) is 47.3 Å². The zero-order valence-corrected chi connectivity index (χ0v) is 13.7. The molecular formula is C14H17BrN2O2S. The Morgan fingerprint density at radius 1 is 1.55 bits per heavy atom. The van der Waals surface area contributed by atoms with Gasteiger partial charge in [-0.15, -0.1) is 11.3 Å². The van der Waals surface area contributed by atoms with E-state index in [0.717, 1.165) is 27.9 Å². The standard InChI is InChI=1S/C14H17BrN2O2S/c1-19-6-5-17-13(10(15)8-16-17)14(18)12-7-9-3-2-4-11(9)20-12/h7-8,14,18H,2-6H2,1H3. The van der Waals surface area contributed by atoms with E-state index in [1.165, 1.54) is 16.9 Å². The number of hydrogen-bond acceptors (Lipinski definition) is 4. The summed E-state index contributed by atoms with van der Waals surface area (Å²) in [5, 5.41) is 15.0. The molecule has 20 heavy (non-hydrogen) atoms. The predicted octanol–water partition coefficient (Wildman–Crippen LogP) is 2.92. The van der Waals surface area contributed by atoms with Gasteiger partial charge in [-0.05, 0) is 46.8 Å². The summed E-state index contributed by atoms with van der Waals surface area (Å²) in [6.45, 7) is 1.22. The van der Waals surface area contributed by atoms with Gasteiger partial charge in [0.1, 0.15) is 6.10 Å².